The molecule has 0 aliphatic carbocycles. The number of nitrogens with zero attached hydrogens (tertiary/aromatic N) is 3. The van der Waals surface area contributed by atoms with Crippen LogP contribution in [-0.2, 0) is 11.3 Å². The van der Waals surface area contributed by atoms with Gasteiger partial charge in [0.1, 0.15) is 0 Å². The zero-order valence-electron chi connectivity index (χ0n) is 13.6. The molecule has 3 heterocycles. The Hall–Kier alpha value is -1.98. The zero-order chi connectivity index (χ0) is 16.1. The molecule has 0 spiro atoms. The van der Waals surface area contributed by atoms with E-state index in [0.717, 1.165) is 51.9 Å². The molecule has 2 saturated heterocycles. The van der Waals surface area contributed by atoms with E-state index in [2.05, 4.69) is 9.88 Å². The lowest BCUT2D eigenvalue weighted by atomic mass is 10.00. The van der Waals surface area contributed by atoms with Crippen LogP contribution in [0, 0.1) is 0 Å². The van der Waals surface area contributed by atoms with Gasteiger partial charge in [0.25, 0.3) is 0 Å². The molecule has 6 heteroatoms. The van der Waals surface area contributed by atoms with E-state index in [1.54, 1.807) is 0 Å². The Labute approximate surface area is 137 Å². The van der Waals surface area contributed by atoms with Crippen LogP contribution >= 0.6 is 0 Å². The van der Waals surface area contributed by atoms with E-state index < -0.39 is 0 Å². The lowest BCUT2D eigenvalue weighted by Crippen LogP contribution is -2.52. The summed E-state index contributed by atoms with van der Waals surface area (Å²) in [4.78, 5) is 28.1. The van der Waals surface area contributed by atoms with Crippen molar-refractivity contribution in [1.82, 2.24) is 19.7 Å². The Bertz CT molecular complexity index is 521. The van der Waals surface area contributed by atoms with Crippen molar-refractivity contribution in [3.05, 3.63) is 24.5 Å². The van der Waals surface area contributed by atoms with Crippen LogP contribution in [0.5, 0.6) is 0 Å². The van der Waals surface area contributed by atoms with E-state index in [4.69, 9.17) is 0 Å². The summed E-state index contributed by atoms with van der Waals surface area (Å²) in [7, 11) is 0. The molecule has 3 rings (SSSR count). The molecular weight excluding hydrogens is 292 g/mol. The zero-order valence-corrected chi connectivity index (χ0v) is 13.6. The Morgan fingerprint density at radius 1 is 1.13 bits per heavy atom. The highest BCUT2D eigenvalue weighted by Gasteiger charge is 2.30. The van der Waals surface area contributed by atoms with Gasteiger partial charge in [-0.3, -0.25) is 4.79 Å². The molecule has 2 fully saturated rings. The third-order valence-corrected chi connectivity index (χ3v) is 4.86. The minimum Gasteiger partial charge on any atom is -0.353 e. The van der Waals surface area contributed by atoms with Crippen LogP contribution in [0.25, 0.3) is 0 Å². The molecule has 0 aromatic carbocycles. The number of rotatable bonds is 4. The molecule has 0 saturated carbocycles. The number of likely N-dealkylation sites (tertiary alicyclic amines) is 2. The molecule has 2 aliphatic heterocycles. The van der Waals surface area contributed by atoms with Crippen molar-refractivity contribution in [2.45, 2.75) is 44.7 Å². The molecule has 2 aliphatic rings. The summed E-state index contributed by atoms with van der Waals surface area (Å²) in [6, 6.07) is 4.30. The predicted octanol–water partition coefficient (Wildman–Crippen LogP) is 1.67. The first-order valence-electron chi connectivity index (χ1n) is 8.67. The van der Waals surface area contributed by atoms with Crippen molar-refractivity contribution >= 4 is 11.9 Å². The Balaban J connectivity index is 1.39. The van der Waals surface area contributed by atoms with Gasteiger partial charge in [0, 0.05) is 57.6 Å². The molecule has 126 valence electrons. The quantitative estimate of drug-likeness (QED) is 0.918. The molecule has 3 amide bonds. The molecular formula is C17H26N4O2. The topological polar surface area (TPSA) is 57.6 Å². The fourth-order valence-corrected chi connectivity index (χ4v) is 3.52. The van der Waals surface area contributed by atoms with Gasteiger partial charge in [-0.1, -0.05) is 0 Å². The average Bonchev–Trinajstić information content (AvgIpc) is 3.09. The number of piperidine rings is 2. The van der Waals surface area contributed by atoms with Crippen LogP contribution in [0.4, 0.5) is 4.79 Å². The van der Waals surface area contributed by atoms with Crippen molar-refractivity contribution in [1.29, 1.82) is 0 Å². The SMILES string of the molecule is O=C(NCCn1cccc1)N1CCC(N2CCCCC2=O)CC1. The van der Waals surface area contributed by atoms with Crippen molar-refractivity contribution in [3.63, 3.8) is 0 Å². The van der Waals surface area contributed by atoms with E-state index in [1.807, 2.05) is 34.3 Å². The summed E-state index contributed by atoms with van der Waals surface area (Å²) in [6.45, 7) is 3.80. The van der Waals surface area contributed by atoms with Gasteiger partial charge >= 0.3 is 6.03 Å². The van der Waals surface area contributed by atoms with Crippen LogP contribution in [-0.4, -0.2) is 58.5 Å². The molecule has 0 bridgehead atoms. The average molecular weight is 318 g/mol. The number of nitrogens with one attached hydrogen (secondary N) is 1. The van der Waals surface area contributed by atoms with Gasteiger partial charge in [0.05, 0.1) is 0 Å². The summed E-state index contributed by atoms with van der Waals surface area (Å²) in [5.41, 5.74) is 0. The second kappa shape index (κ2) is 7.53. The molecule has 0 radical (unpaired) electrons. The van der Waals surface area contributed by atoms with Gasteiger partial charge in [-0.25, -0.2) is 4.79 Å². The van der Waals surface area contributed by atoms with Crippen LogP contribution in [0.1, 0.15) is 32.1 Å². The third-order valence-electron chi connectivity index (χ3n) is 4.86. The summed E-state index contributed by atoms with van der Waals surface area (Å²) in [5.74, 6) is 0.297. The van der Waals surface area contributed by atoms with Crippen LogP contribution in [0.3, 0.4) is 0 Å². The first-order valence-corrected chi connectivity index (χ1v) is 8.67. The highest BCUT2D eigenvalue weighted by molar-refractivity contribution is 5.77. The van der Waals surface area contributed by atoms with Crippen LogP contribution in [0.2, 0.25) is 0 Å². The van der Waals surface area contributed by atoms with Gasteiger partial charge < -0.3 is 19.7 Å². The maximum atomic E-state index is 12.2. The third kappa shape index (κ3) is 4.06. The van der Waals surface area contributed by atoms with Crippen LogP contribution in [0.15, 0.2) is 24.5 Å². The van der Waals surface area contributed by atoms with Gasteiger partial charge in [-0.15, -0.1) is 0 Å². The number of carbonyl (C=O) groups is 2. The summed E-state index contributed by atoms with van der Waals surface area (Å²) in [6.07, 6.45) is 8.62. The monoisotopic (exact) mass is 318 g/mol. The van der Waals surface area contributed by atoms with Crippen molar-refractivity contribution in [2.24, 2.45) is 0 Å². The van der Waals surface area contributed by atoms with Gasteiger partial charge in [0.15, 0.2) is 0 Å². The maximum Gasteiger partial charge on any atom is 0.317 e. The lowest BCUT2D eigenvalue weighted by Gasteiger charge is -2.40. The minimum atomic E-state index is 0.0144. The molecule has 6 nitrogen and oxygen atoms in total. The standard InChI is InChI=1S/C17H26N4O2/c22-16-5-1-2-11-21(16)15-6-12-20(13-7-15)17(23)18-8-14-19-9-3-4-10-19/h3-4,9-10,15H,1-2,5-8,11-14H2,(H,18,23). The molecule has 1 N–H and O–H groups in total. The predicted molar refractivity (Wildman–Crippen MR) is 88.0 cm³/mol. The highest BCUT2D eigenvalue weighted by Crippen LogP contribution is 2.21. The second-order valence-electron chi connectivity index (χ2n) is 6.42. The van der Waals surface area contributed by atoms with Crippen molar-refractivity contribution in [2.75, 3.05) is 26.2 Å². The smallest absolute Gasteiger partial charge is 0.317 e. The first-order chi connectivity index (χ1) is 11.2. The van der Waals surface area contributed by atoms with Crippen molar-refractivity contribution < 1.29 is 9.59 Å². The normalized spacial score (nSPS) is 19.9. The van der Waals surface area contributed by atoms with E-state index in [1.165, 1.54) is 0 Å². The number of hydrogen-bond acceptors (Lipinski definition) is 2. The molecule has 1 aromatic heterocycles. The summed E-state index contributed by atoms with van der Waals surface area (Å²) >= 11 is 0. The van der Waals surface area contributed by atoms with Gasteiger partial charge in [-0.2, -0.15) is 0 Å². The maximum absolute atomic E-state index is 12.2. The molecule has 23 heavy (non-hydrogen) atoms. The number of amides is 3. The highest BCUT2D eigenvalue weighted by atomic mass is 16.2. The lowest BCUT2D eigenvalue weighted by molar-refractivity contribution is -0.136. The van der Waals surface area contributed by atoms with E-state index in [-0.39, 0.29) is 6.03 Å². The minimum absolute atomic E-state index is 0.0144. The van der Waals surface area contributed by atoms with E-state index in [0.29, 0.717) is 24.9 Å². The number of hydrogen-bond donors (Lipinski definition) is 1. The van der Waals surface area contributed by atoms with E-state index in [9.17, 15) is 9.59 Å². The largest absolute Gasteiger partial charge is 0.353 e. The van der Waals surface area contributed by atoms with E-state index >= 15 is 0 Å². The Kier molecular flexibility index (Phi) is 5.20. The summed E-state index contributed by atoms with van der Waals surface area (Å²) < 4.78 is 2.05. The molecule has 1 aromatic rings. The first kappa shape index (κ1) is 15.9. The number of carbonyl (C=O) groups excluding carboxylic acids is 2. The van der Waals surface area contributed by atoms with Crippen molar-refractivity contribution in [3.8, 4) is 0 Å². The van der Waals surface area contributed by atoms with Crippen LogP contribution < -0.4 is 5.32 Å². The molecule has 0 unspecified atom stereocenters. The summed E-state index contributed by atoms with van der Waals surface area (Å²) in [5, 5.41) is 2.98. The molecule has 0 atom stereocenters. The van der Waals surface area contributed by atoms with Gasteiger partial charge in [-0.05, 0) is 37.8 Å². The second-order valence-corrected chi connectivity index (χ2v) is 6.42. The fourth-order valence-electron chi connectivity index (χ4n) is 3.52. The number of urea groups is 1. The number of aromatic nitrogens is 1. The fraction of sp³-hybridized carbons (Fsp3) is 0.647. The Morgan fingerprint density at radius 2 is 1.87 bits per heavy atom. The van der Waals surface area contributed by atoms with Gasteiger partial charge in [0.2, 0.25) is 5.91 Å². The Morgan fingerprint density at radius 3 is 2.57 bits per heavy atom.